The van der Waals surface area contributed by atoms with Crippen molar-refractivity contribution in [1.29, 1.82) is 0 Å². The molecule has 0 spiro atoms. The van der Waals surface area contributed by atoms with Crippen LogP contribution in [0.4, 0.5) is 0 Å². The lowest BCUT2D eigenvalue weighted by atomic mass is 10.0. The Bertz CT molecular complexity index is 539. The number of carbonyl (C=O) groups excluding carboxylic acids is 1. The number of para-hydroxylation sites is 1. The molecule has 0 fully saturated rings. The van der Waals surface area contributed by atoms with E-state index in [0.29, 0.717) is 12.3 Å². The number of benzene rings is 1. The van der Waals surface area contributed by atoms with Crippen LogP contribution in [0.1, 0.15) is 26.0 Å². The number of aromatic nitrogens is 1. The van der Waals surface area contributed by atoms with Crippen molar-refractivity contribution in [3.8, 4) is 0 Å². The van der Waals surface area contributed by atoms with Crippen LogP contribution in [0.15, 0.2) is 30.3 Å². The number of nitrogens with zero attached hydrogens (tertiary/aromatic N) is 1. The monoisotopic (exact) mass is 229 g/mol. The van der Waals surface area contributed by atoms with Gasteiger partial charge in [-0.15, -0.1) is 0 Å². The third-order valence-corrected chi connectivity index (χ3v) is 3.49. The highest BCUT2D eigenvalue weighted by atomic mass is 16.1. The van der Waals surface area contributed by atoms with Crippen LogP contribution in [0, 0.1) is 12.8 Å². The summed E-state index contributed by atoms with van der Waals surface area (Å²) in [6.45, 7) is 6.62. The molecule has 17 heavy (non-hydrogen) atoms. The molecule has 1 atom stereocenters. The molecule has 0 aliphatic rings. The van der Waals surface area contributed by atoms with Gasteiger partial charge in [0.25, 0.3) is 0 Å². The van der Waals surface area contributed by atoms with Crippen molar-refractivity contribution in [2.45, 2.75) is 33.7 Å². The first-order valence-electron chi connectivity index (χ1n) is 6.21. The third kappa shape index (κ3) is 2.26. The van der Waals surface area contributed by atoms with Crippen LogP contribution in [0.5, 0.6) is 0 Å². The standard InChI is InChI=1S/C15H19NO/c1-4-11(2)15(17)10-16-12(3)9-13-7-5-6-8-14(13)16/h5-9,11H,4,10H2,1-3H3. The Balaban J connectivity index is 2.35. The minimum Gasteiger partial charge on any atom is -0.337 e. The lowest BCUT2D eigenvalue weighted by Crippen LogP contribution is -2.17. The van der Waals surface area contributed by atoms with Gasteiger partial charge < -0.3 is 4.57 Å². The summed E-state index contributed by atoms with van der Waals surface area (Å²) in [5.74, 6) is 0.465. The van der Waals surface area contributed by atoms with Gasteiger partial charge in [-0.1, -0.05) is 32.0 Å². The Kier molecular flexibility index (Phi) is 3.32. The van der Waals surface area contributed by atoms with E-state index >= 15 is 0 Å². The number of rotatable bonds is 4. The molecule has 2 nitrogen and oxygen atoms in total. The summed E-state index contributed by atoms with van der Waals surface area (Å²) in [6.07, 6.45) is 0.914. The van der Waals surface area contributed by atoms with Gasteiger partial charge in [0.05, 0.1) is 6.54 Å². The molecule has 2 rings (SSSR count). The predicted octanol–water partition coefficient (Wildman–Crippen LogP) is 3.56. The molecule has 0 aliphatic carbocycles. The molecule has 0 saturated carbocycles. The number of fused-ring (bicyclic) bond motifs is 1. The molecule has 2 heteroatoms. The van der Waals surface area contributed by atoms with E-state index in [2.05, 4.69) is 36.6 Å². The fourth-order valence-corrected chi connectivity index (χ4v) is 2.10. The number of aryl methyl sites for hydroxylation is 1. The Morgan fingerprint density at radius 2 is 2.06 bits per heavy atom. The first-order valence-corrected chi connectivity index (χ1v) is 6.21. The Hall–Kier alpha value is -1.57. The van der Waals surface area contributed by atoms with Crippen LogP contribution in [-0.2, 0) is 11.3 Å². The summed E-state index contributed by atoms with van der Waals surface area (Å²) in [6, 6.07) is 10.4. The molecule has 0 saturated heterocycles. The highest BCUT2D eigenvalue weighted by Crippen LogP contribution is 2.19. The van der Waals surface area contributed by atoms with E-state index in [0.717, 1.165) is 17.6 Å². The fraction of sp³-hybridized carbons (Fsp3) is 0.400. The molecule has 1 heterocycles. The summed E-state index contributed by atoms with van der Waals surface area (Å²) in [5, 5.41) is 1.21. The van der Waals surface area contributed by atoms with Gasteiger partial charge in [0.15, 0.2) is 5.78 Å². The second-order valence-electron chi connectivity index (χ2n) is 4.71. The number of ketones is 1. The van der Waals surface area contributed by atoms with Crippen LogP contribution < -0.4 is 0 Å². The average molecular weight is 229 g/mol. The lowest BCUT2D eigenvalue weighted by Gasteiger charge is -2.11. The molecule has 1 aromatic heterocycles. The second kappa shape index (κ2) is 4.74. The molecule has 0 radical (unpaired) electrons. The summed E-state index contributed by atoms with van der Waals surface area (Å²) >= 11 is 0. The average Bonchev–Trinajstić information content (AvgIpc) is 2.65. The molecule has 1 aromatic carbocycles. The quantitative estimate of drug-likeness (QED) is 0.785. The van der Waals surface area contributed by atoms with E-state index in [9.17, 15) is 4.79 Å². The van der Waals surface area contributed by atoms with Crippen molar-refractivity contribution in [1.82, 2.24) is 4.57 Å². The van der Waals surface area contributed by atoms with Crippen LogP contribution in [0.25, 0.3) is 10.9 Å². The van der Waals surface area contributed by atoms with Crippen molar-refractivity contribution in [3.05, 3.63) is 36.0 Å². The summed E-state index contributed by atoms with van der Waals surface area (Å²) in [5.41, 5.74) is 2.31. The fourth-order valence-electron chi connectivity index (χ4n) is 2.10. The van der Waals surface area contributed by atoms with E-state index in [1.54, 1.807) is 0 Å². The topological polar surface area (TPSA) is 22.0 Å². The van der Waals surface area contributed by atoms with Crippen LogP contribution in [-0.4, -0.2) is 10.4 Å². The largest absolute Gasteiger partial charge is 0.337 e. The minimum absolute atomic E-state index is 0.149. The van der Waals surface area contributed by atoms with E-state index < -0.39 is 0 Å². The van der Waals surface area contributed by atoms with Gasteiger partial charge in [0.2, 0.25) is 0 Å². The van der Waals surface area contributed by atoms with E-state index in [4.69, 9.17) is 0 Å². The van der Waals surface area contributed by atoms with Crippen molar-refractivity contribution < 1.29 is 4.79 Å². The highest BCUT2D eigenvalue weighted by molar-refractivity contribution is 5.85. The predicted molar refractivity (Wildman–Crippen MR) is 71.1 cm³/mol. The van der Waals surface area contributed by atoms with E-state index in [1.807, 2.05) is 19.1 Å². The summed E-state index contributed by atoms with van der Waals surface area (Å²) < 4.78 is 2.11. The third-order valence-electron chi connectivity index (χ3n) is 3.49. The molecule has 0 aliphatic heterocycles. The van der Waals surface area contributed by atoms with Gasteiger partial charge in [0.1, 0.15) is 0 Å². The van der Waals surface area contributed by atoms with Crippen molar-refractivity contribution in [3.63, 3.8) is 0 Å². The van der Waals surface area contributed by atoms with Gasteiger partial charge >= 0.3 is 0 Å². The number of hydrogen-bond donors (Lipinski definition) is 0. The number of carbonyl (C=O) groups is 1. The van der Waals surface area contributed by atoms with Crippen molar-refractivity contribution in [2.75, 3.05) is 0 Å². The minimum atomic E-state index is 0.149. The zero-order valence-corrected chi connectivity index (χ0v) is 10.7. The maximum Gasteiger partial charge on any atom is 0.155 e. The second-order valence-corrected chi connectivity index (χ2v) is 4.71. The Morgan fingerprint density at radius 3 is 2.76 bits per heavy atom. The normalized spacial score (nSPS) is 12.9. The van der Waals surface area contributed by atoms with Crippen molar-refractivity contribution >= 4 is 16.7 Å². The zero-order chi connectivity index (χ0) is 12.4. The maximum absolute atomic E-state index is 12.0. The SMILES string of the molecule is CCC(C)C(=O)Cn1c(C)cc2ccccc21. The molecule has 1 unspecified atom stereocenters. The molecular weight excluding hydrogens is 210 g/mol. The smallest absolute Gasteiger partial charge is 0.155 e. The first kappa shape index (κ1) is 11.9. The van der Waals surface area contributed by atoms with Gasteiger partial charge in [-0.05, 0) is 30.9 Å². The van der Waals surface area contributed by atoms with Gasteiger partial charge in [-0.25, -0.2) is 0 Å². The number of hydrogen-bond acceptors (Lipinski definition) is 1. The molecular formula is C15H19NO. The highest BCUT2D eigenvalue weighted by Gasteiger charge is 2.13. The van der Waals surface area contributed by atoms with E-state index in [1.165, 1.54) is 5.39 Å². The van der Waals surface area contributed by atoms with Gasteiger partial charge in [-0.3, -0.25) is 4.79 Å². The Labute approximate surface area is 102 Å². The number of Topliss-reactive ketones (excluding diaryl/α,β-unsaturated/α-hetero) is 1. The van der Waals surface area contributed by atoms with Gasteiger partial charge in [0, 0.05) is 17.1 Å². The van der Waals surface area contributed by atoms with Gasteiger partial charge in [-0.2, -0.15) is 0 Å². The zero-order valence-electron chi connectivity index (χ0n) is 10.7. The summed E-state index contributed by atoms with van der Waals surface area (Å²) in [4.78, 5) is 12.0. The summed E-state index contributed by atoms with van der Waals surface area (Å²) in [7, 11) is 0. The van der Waals surface area contributed by atoms with Crippen molar-refractivity contribution in [2.24, 2.45) is 5.92 Å². The maximum atomic E-state index is 12.0. The lowest BCUT2D eigenvalue weighted by molar-refractivity contribution is -0.123. The molecule has 0 amide bonds. The molecule has 90 valence electrons. The molecule has 2 aromatic rings. The Morgan fingerprint density at radius 1 is 1.35 bits per heavy atom. The van der Waals surface area contributed by atoms with E-state index in [-0.39, 0.29) is 5.92 Å². The van der Waals surface area contributed by atoms with Crippen LogP contribution in [0.3, 0.4) is 0 Å². The molecule has 0 N–H and O–H groups in total. The van der Waals surface area contributed by atoms with Crippen LogP contribution >= 0.6 is 0 Å². The van der Waals surface area contributed by atoms with Crippen LogP contribution in [0.2, 0.25) is 0 Å². The molecule has 0 bridgehead atoms. The first-order chi connectivity index (χ1) is 8.13.